The molecule has 1 unspecified atom stereocenters. The van der Waals surface area contributed by atoms with Crippen molar-refractivity contribution in [3.8, 4) is 0 Å². The number of hydrogen-bond acceptors (Lipinski definition) is 3. The van der Waals surface area contributed by atoms with Crippen LogP contribution in [0.1, 0.15) is 26.3 Å². The quantitative estimate of drug-likeness (QED) is 0.794. The Bertz CT molecular complexity index is 476. The van der Waals surface area contributed by atoms with E-state index in [4.69, 9.17) is 5.73 Å². The highest BCUT2D eigenvalue weighted by atomic mass is 16.2. The number of carbonyl (C=O) groups is 1. The van der Waals surface area contributed by atoms with Crippen molar-refractivity contribution in [2.24, 2.45) is 5.73 Å². The van der Waals surface area contributed by atoms with Crippen LogP contribution >= 0.6 is 0 Å². The Morgan fingerprint density at radius 3 is 2.61 bits per heavy atom. The maximum absolute atomic E-state index is 11.9. The van der Waals surface area contributed by atoms with Crippen LogP contribution in [0.3, 0.4) is 0 Å². The Balaban J connectivity index is 2.45. The number of benzene rings is 1. The number of nitrogens with one attached hydrogen (secondary N) is 1. The Morgan fingerprint density at radius 1 is 1.39 bits per heavy atom. The SMILES string of the molecule is CN1c2ccc(C(C)(C)C)cc2NC(=O)C1CN. The zero-order chi connectivity index (χ0) is 13.5. The number of likely N-dealkylation sites (N-methyl/N-ethyl adjacent to an activating group) is 1. The molecule has 0 aromatic heterocycles. The molecule has 1 aromatic rings. The molecular formula is C14H21N3O. The van der Waals surface area contributed by atoms with Gasteiger partial charge in [-0.3, -0.25) is 4.79 Å². The van der Waals surface area contributed by atoms with Crippen molar-refractivity contribution >= 4 is 17.3 Å². The number of rotatable bonds is 1. The molecule has 1 aliphatic heterocycles. The van der Waals surface area contributed by atoms with Gasteiger partial charge >= 0.3 is 0 Å². The van der Waals surface area contributed by atoms with E-state index in [2.05, 4.69) is 44.3 Å². The normalized spacial score (nSPS) is 19.5. The number of hydrogen-bond donors (Lipinski definition) is 2. The lowest BCUT2D eigenvalue weighted by molar-refractivity contribution is -0.117. The van der Waals surface area contributed by atoms with Gasteiger partial charge in [-0.25, -0.2) is 0 Å². The number of nitrogens with two attached hydrogens (primary N) is 1. The Hall–Kier alpha value is -1.55. The van der Waals surface area contributed by atoms with E-state index in [1.54, 1.807) is 0 Å². The molecule has 0 radical (unpaired) electrons. The molecule has 1 heterocycles. The van der Waals surface area contributed by atoms with Crippen LogP contribution in [0.4, 0.5) is 11.4 Å². The smallest absolute Gasteiger partial charge is 0.248 e. The topological polar surface area (TPSA) is 58.4 Å². The minimum Gasteiger partial charge on any atom is -0.360 e. The van der Waals surface area contributed by atoms with Gasteiger partial charge in [-0.15, -0.1) is 0 Å². The van der Waals surface area contributed by atoms with E-state index in [0.29, 0.717) is 6.54 Å². The van der Waals surface area contributed by atoms with E-state index in [9.17, 15) is 4.79 Å². The first-order chi connectivity index (χ1) is 8.34. The van der Waals surface area contributed by atoms with E-state index in [0.717, 1.165) is 11.4 Å². The van der Waals surface area contributed by atoms with Gasteiger partial charge in [-0.05, 0) is 23.1 Å². The highest BCUT2D eigenvalue weighted by Crippen LogP contribution is 2.34. The summed E-state index contributed by atoms with van der Waals surface area (Å²) in [5.74, 6) is -0.0291. The zero-order valence-corrected chi connectivity index (χ0v) is 11.4. The fourth-order valence-corrected chi connectivity index (χ4v) is 2.24. The third-order valence-electron chi connectivity index (χ3n) is 3.49. The number of nitrogens with zero attached hydrogens (tertiary/aromatic N) is 1. The lowest BCUT2D eigenvalue weighted by atomic mass is 9.86. The van der Waals surface area contributed by atoms with Crippen LogP contribution in [0.2, 0.25) is 0 Å². The molecule has 1 aromatic carbocycles. The average molecular weight is 247 g/mol. The first-order valence-corrected chi connectivity index (χ1v) is 6.23. The second-order valence-corrected chi connectivity index (χ2v) is 5.83. The number of anilines is 2. The summed E-state index contributed by atoms with van der Waals surface area (Å²) >= 11 is 0. The molecule has 3 N–H and O–H groups in total. The van der Waals surface area contributed by atoms with Crippen molar-refractivity contribution in [1.82, 2.24) is 0 Å². The lowest BCUT2D eigenvalue weighted by Gasteiger charge is -2.35. The van der Waals surface area contributed by atoms with Crippen molar-refractivity contribution in [1.29, 1.82) is 0 Å². The summed E-state index contributed by atoms with van der Waals surface area (Å²) in [4.78, 5) is 13.9. The van der Waals surface area contributed by atoms with E-state index in [-0.39, 0.29) is 17.4 Å². The van der Waals surface area contributed by atoms with Crippen LogP contribution < -0.4 is 16.0 Å². The summed E-state index contributed by atoms with van der Waals surface area (Å²) in [5, 5.41) is 2.94. The fourth-order valence-electron chi connectivity index (χ4n) is 2.24. The van der Waals surface area contributed by atoms with Crippen molar-refractivity contribution in [3.63, 3.8) is 0 Å². The predicted molar refractivity (Wildman–Crippen MR) is 75.0 cm³/mol. The molecule has 18 heavy (non-hydrogen) atoms. The highest BCUT2D eigenvalue weighted by molar-refractivity contribution is 6.03. The Labute approximate surface area is 108 Å². The van der Waals surface area contributed by atoms with Gasteiger partial charge in [0.05, 0.1) is 11.4 Å². The van der Waals surface area contributed by atoms with Crippen LogP contribution in [0.25, 0.3) is 0 Å². The van der Waals surface area contributed by atoms with Gasteiger partial charge in [0.15, 0.2) is 0 Å². The Kier molecular flexibility index (Phi) is 3.07. The van der Waals surface area contributed by atoms with Gasteiger partial charge in [0.2, 0.25) is 5.91 Å². The predicted octanol–water partition coefficient (Wildman–Crippen LogP) is 1.70. The number of fused-ring (bicyclic) bond motifs is 1. The van der Waals surface area contributed by atoms with Crippen LogP contribution in [0, 0.1) is 0 Å². The fraction of sp³-hybridized carbons (Fsp3) is 0.500. The molecule has 0 fully saturated rings. The zero-order valence-electron chi connectivity index (χ0n) is 11.4. The molecular weight excluding hydrogens is 226 g/mol. The largest absolute Gasteiger partial charge is 0.360 e. The molecule has 4 heteroatoms. The van der Waals surface area contributed by atoms with E-state index in [1.807, 2.05) is 11.9 Å². The number of carbonyl (C=O) groups excluding carboxylic acids is 1. The van der Waals surface area contributed by atoms with Gasteiger partial charge < -0.3 is 16.0 Å². The van der Waals surface area contributed by atoms with Crippen LogP contribution in [-0.4, -0.2) is 25.5 Å². The maximum atomic E-state index is 11.9. The van der Waals surface area contributed by atoms with E-state index in [1.165, 1.54) is 5.56 Å². The number of amides is 1. The molecule has 0 aliphatic carbocycles. The summed E-state index contributed by atoms with van der Waals surface area (Å²) in [7, 11) is 1.91. The van der Waals surface area contributed by atoms with Gasteiger partial charge in [-0.2, -0.15) is 0 Å². The lowest BCUT2D eigenvalue weighted by Crippen LogP contribution is -2.50. The van der Waals surface area contributed by atoms with Gasteiger partial charge in [0.1, 0.15) is 6.04 Å². The molecule has 2 rings (SSSR count). The summed E-state index contributed by atoms with van der Waals surface area (Å²) < 4.78 is 0. The first kappa shape index (κ1) is 12.9. The molecule has 0 bridgehead atoms. The van der Waals surface area contributed by atoms with E-state index >= 15 is 0 Å². The van der Waals surface area contributed by atoms with Gasteiger partial charge in [-0.1, -0.05) is 26.8 Å². The second-order valence-electron chi connectivity index (χ2n) is 5.83. The van der Waals surface area contributed by atoms with Crippen molar-refractivity contribution in [2.75, 3.05) is 23.8 Å². The average Bonchev–Trinajstić information content (AvgIpc) is 2.27. The maximum Gasteiger partial charge on any atom is 0.248 e. The second kappa shape index (κ2) is 4.28. The van der Waals surface area contributed by atoms with Crippen LogP contribution in [0.5, 0.6) is 0 Å². The van der Waals surface area contributed by atoms with Crippen molar-refractivity contribution in [2.45, 2.75) is 32.2 Å². The first-order valence-electron chi connectivity index (χ1n) is 6.23. The molecule has 4 nitrogen and oxygen atoms in total. The summed E-state index contributed by atoms with van der Waals surface area (Å²) in [6.07, 6.45) is 0. The third-order valence-corrected chi connectivity index (χ3v) is 3.49. The summed E-state index contributed by atoms with van der Waals surface area (Å²) in [5.41, 5.74) is 8.82. The molecule has 1 atom stereocenters. The molecule has 0 saturated heterocycles. The van der Waals surface area contributed by atoms with Gasteiger partial charge in [0.25, 0.3) is 0 Å². The van der Waals surface area contributed by atoms with Crippen LogP contribution in [-0.2, 0) is 10.2 Å². The van der Waals surface area contributed by atoms with Gasteiger partial charge in [0, 0.05) is 13.6 Å². The minimum absolute atomic E-state index is 0.0291. The molecule has 0 saturated carbocycles. The van der Waals surface area contributed by atoms with E-state index < -0.39 is 0 Å². The Morgan fingerprint density at radius 2 is 2.06 bits per heavy atom. The minimum atomic E-state index is -0.280. The third kappa shape index (κ3) is 2.08. The molecule has 0 spiro atoms. The molecule has 1 aliphatic rings. The molecule has 98 valence electrons. The van der Waals surface area contributed by atoms with Crippen LogP contribution in [0.15, 0.2) is 18.2 Å². The highest BCUT2D eigenvalue weighted by Gasteiger charge is 2.30. The van der Waals surface area contributed by atoms with Crippen molar-refractivity contribution in [3.05, 3.63) is 23.8 Å². The molecule has 1 amide bonds. The standard InChI is InChI=1S/C14H21N3O/c1-14(2,3)9-5-6-11-10(7-9)16-13(18)12(8-15)17(11)4/h5-7,12H,8,15H2,1-4H3,(H,16,18). The van der Waals surface area contributed by atoms with Crippen molar-refractivity contribution < 1.29 is 4.79 Å². The summed E-state index contributed by atoms with van der Waals surface area (Å²) in [6.45, 7) is 6.80. The monoisotopic (exact) mass is 247 g/mol. The summed E-state index contributed by atoms with van der Waals surface area (Å²) in [6, 6.07) is 5.94.